The van der Waals surface area contributed by atoms with Crippen molar-refractivity contribution in [1.29, 1.82) is 0 Å². The highest BCUT2D eigenvalue weighted by Gasteiger charge is 2.47. The van der Waals surface area contributed by atoms with Gasteiger partial charge in [-0.05, 0) is 6.42 Å². The molecule has 2 heterocycles. The van der Waals surface area contributed by atoms with Crippen molar-refractivity contribution >= 4 is 0 Å². The fourth-order valence-electron chi connectivity index (χ4n) is 2.30. The van der Waals surface area contributed by atoms with Crippen molar-refractivity contribution in [3.8, 4) is 0 Å². The average molecular weight is 189 g/mol. The first kappa shape index (κ1) is 9.36. The van der Waals surface area contributed by atoms with E-state index in [0.717, 1.165) is 0 Å². The monoisotopic (exact) mass is 189 g/mol. The Kier molecular flexibility index (Phi) is 2.29. The minimum absolute atomic E-state index is 0.333. The quantitative estimate of drug-likeness (QED) is 0.339. The maximum absolute atomic E-state index is 9.58. The average Bonchev–Trinajstić information content (AvgIpc) is 2.43. The van der Waals surface area contributed by atoms with Gasteiger partial charge >= 0.3 is 0 Å². The van der Waals surface area contributed by atoms with E-state index >= 15 is 0 Å². The van der Waals surface area contributed by atoms with Crippen molar-refractivity contribution < 1.29 is 20.4 Å². The molecule has 5 heteroatoms. The summed E-state index contributed by atoms with van der Waals surface area (Å²) in [4.78, 5) is 1.83. The minimum atomic E-state index is -1.13. The third kappa shape index (κ3) is 1.37. The van der Waals surface area contributed by atoms with Gasteiger partial charge < -0.3 is 20.4 Å². The number of piperidine rings is 1. The molecule has 2 rings (SSSR count). The smallest absolute Gasteiger partial charge is 0.109 e. The number of hydrogen-bond acceptors (Lipinski definition) is 5. The van der Waals surface area contributed by atoms with E-state index in [-0.39, 0.29) is 0 Å². The summed E-state index contributed by atoms with van der Waals surface area (Å²) in [5.41, 5.74) is 0. The van der Waals surface area contributed by atoms with Crippen LogP contribution >= 0.6 is 0 Å². The third-order valence-corrected chi connectivity index (χ3v) is 3.04. The maximum Gasteiger partial charge on any atom is 0.109 e. The van der Waals surface area contributed by atoms with Gasteiger partial charge in [0.25, 0.3) is 0 Å². The van der Waals surface area contributed by atoms with Gasteiger partial charge in [0.2, 0.25) is 0 Å². The molecule has 0 bridgehead atoms. The van der Waals surface area contributed by atoms with E-state index in [1.807, 2.05) is 4.90 Å². The zero-order chi connectivity index (χ0) is 9.59. The second-order valence-corrected chi connectivity index (χ2v) is 3.89. The molecule has 0 saturated carbocycles. The second-order valence-electron chi connectivity index (χ2n) is 3.89. The first-order valence-electron chi connectivity index (χ1n) is 4.57. The van der Waals surface area contributed by atoms with E-state index in [1.165, 1.54) is 0 Å². The van der Waals surface area contributed by atoms with Crippen LogP contribution in [0.5, 0.6) is 0 Å². The minimum Gasteiger partial charge on any atom is -0.391 e. The molecule has 0 amide bonds. The van der Waals surface area contributed by atoms with E-state index in [0.29, 0.717) is 19.5 Å². The van der Waals surface area contributed by atoms with Gasteiger partial charge in [-0.15, -0.1) is 0 Å². The van der Waals surface area contributed by atoms with E-state index in [9.17, 15) is 20.4 Å². The fourth-order valence-corrected chi connectivity index (χ4v) is 2.30. The van der Waals surface area contributed by atoms with Crippen molar-refractivity contribution in [1.82, 2.24) is 4.90 Å². The largest absolute Gasteiger partial charge is 0.391 e. The van der Waals surface area contributed by atoms with Gasteiger partial charge in [-0.25, -0.2) is 0 Å². The number of aliphatic hydroxyl groups excluding tert-OH is 4. The Morgan fingerprint density at radius 1 is 0.923 bits per heavy atom. The van der Waals surface area contributed by atoms with Gasteiger partial charge in [0, 0.05) is 13.1 Å². The molecule has 0 aromatic heterocycles. The lowest BCUT2D eigenvalue weighted by Crippen LogP contribution is -2.61. The normalized spacial score (nSPS) is 52.2. The highest BCUT2D eigenvalue weighted by molar-refractivity contribution is 5.01. The highest BCUT2D eigenvalue weighted by Crippen LogP contribution is 2.27. The molecule has 4 N–H and O–H groups in total. The molecule has 76 valence electrons. The zero-order valence-electron chi connectivity index (χ0n) is 7.24. The molecule has 2 fully saturated rings. The Morgan fingerprint density at radius 3 is 2.31 bits per heavy atom. The Hall–Kier alpha value is -0.200. The lowest BCUT2D eigenvalue weighted by Gasteiger charge is -2.40. The summed E-state index contributed by atoms with van der Waals surface area (Å²) in [6.45, 7) is 1.01. The number of rotatable bonds is 0. The van der Waals surface area contributed by atoms with Crippen LogP contribution < -0.4 is 0 Å². The van der Waals surface area contributed by atoms with E-state index in [1.54, 1.807) is 0 Å². The zero-order valence-corrected chi connectivity index (χ0v) is 7.24. The van der Waals surface area contributed by atoms with Crippen molar-refractivity contribution in [3.05, 3.63) is 0 Å². The van der Waals surface area contributed by atoms with Gasteiger partial charge in [-0.3, -0.25) is 4.90 Å². The summed E-state index contributed by atoms with van der Waals surface area (Å²) in [6.07, 6.45) is -3.06. The van der Waals surface area contributed by atoms with Crippen LogP contribution in [0.3, 0.4) is 0 Å². The molecule has 5 atom stereocenters. The molecule has 0 aliphatic carbocycles. The standard InChI is InChI=1S/C8H15NO4/c10-4-1-2-9-3-5(11)7(12)8(13)6(4)9/h4-8,10-13H,1-3H2/t4-,5-,6+,7-,8+/m0/s1. The molecule has 5 nitrogen and oxygen atoms in total. The van der Waals surface area contributed by atoms with Crippen LogP contribution in [0.4, 0.5) is 0 Å². The summed E-state index contributed by atoms with van der Waals surface area (Å²) in [5.74, 6) is 0. The van der Waals surface area contributed by atoms with Crippen molar-refractivity contribution in [2.45, 2.75) is 36.9 Å². The Balaban J connectivity index is 2.15. The molecule has 2 aliphatic heterocycles. The molecule has 2 aliphatic rings. The molecule has 2 saturated heterocycles. The van der Waals surface area contributed by atoms with Crippen molar-refractivity contribution in [2.75, 3.05) is 13.1 Å². The number of fused-ring (bicyclic) bond motifs is 1. The fraction of sp³-hybridized carbons (Fsp3) is 1.00. The first-order valence-corrected chi connectivity index (χ1v) is 4.57. The van der Waals surface area contributed by atoms with Crippen LogP contribution in [-0.2, 0) is 0 Å². The highest BCUT2D eigenvalue weighted by atomic mass is 16.4. The first-order chi connectivity index (χ1) is 6.11. The molecular weight excluding hydrogens is 174 g/mol. The summed E-state index contributed by atoms with van der Waals surface area (Å²) in [7, 11) is 0. The van der Waals surface area contributed by atoms with E-state index in [4.69, 9.17) is 0 Å². The molecule has 0 aromatic rings. The van der Waals surface area contributed by atoms with Gasteiger partial charge in [-0.2, -0.15) is 0 Å². The summed E-state index contributed by atoms with van der Waals surface area (Å²) in [5, 5.41) is 37.8. The Bertz CT molecular complexity index is 201. The predicted octanol–water partition coefficient (Wildman–Crippen LogP) is -2.48. The van der Waals surface area contributed by atoms with Crippen LogP contribution in [0.1, 0.15) is 6.42 Å². The summed E-state index contributed by atoms with van der Waals surface area (Å²) < 4.78 is 0. The molecule has 13 heavy (non-hydrogen) atoms. The van der Waals surface area contributed by atoms with E-state index < -0.39 is 30.5 Å². The summed E-state index contributed by atoms with van der Waals surface area (Å²) >= 11 is 0. The molecule has 0 unspecified atom stereocenters. The third-order valence-electron chi connectivity index (χ3n) is 3.04. The van der Waals surface area contributed by atoms with Crippen molar-refractivity contribution in [2.24, 2.45) is 0 Å². The molecule has 0 spiro atoms. The predicted molar refractivity (Wildman–Crippen MR) is 44.0 cm³/mol. The molecule has 0 radical (unpaired) electrons. The van der Waals surface area contributed by atoms with Crippen LogP contribution in [0.2, 0.25) is 0 Å². The van der Waals surface area contributed by atoms with Gasteiger partial charge in [-0.1, -0.05) is 0 Å². The maximum atomic E-state index is 9.58. The van der Waals surface area contributed by atoms with Crippen LogP contribution in [-0.4, -0.2) is 68.9 Å². The van der Waals surface area contributed by atoms with Crippen LogP contribution in [0, 0.1) is 0 Å². The lowest BCUT2D eigenvalue weighted by atomic mass is 9.93. The van der Waals surface area contributed by atoms with E-state index in [2.05, 4.69) is 0 Å². The SMILES string of the molecule is O[C@@H]1[C@H](O)[C@H]2[C@@H](O)CCN2C[C@@H]1O. The number of aliphatic hydroxyl groups is 4. The Morgan fingerprint density at radius 2 is 1.62 bits per heavy atom. The molecule has 0 aromatic carbocycles. The van der Waals surface area contributed by atoms with Crippen LogP contribution in [0.15, 0.2) is 0 Å². The second kappa shape index (κ2) is 3.18. The van der Waals surface area contributed by atoms with Crippen LogP contribution in [0.25, 0.3) is 0 Å². The number of nitrogens with zero attached hydrogens (tertiary/aromatic N) is 1. The number of hydrogen-bond donors (Lipinski definition) is 4. The van der Waals surface area contributed by atoms with Gasteiger partial charge in [0.15, 0.2) is 0 Å². The van der Waals surface area contributed by atoms with Crippen molar-refractivity contribution in [3.63, 3.8) is 0 Å². The van der Waals surface area contributed by atoms with Gasteiger partial charge in [0.1, 0.15) is 12.2 Å². The summed E-state index contributed by atoms with van der Waals surface area (Å²) in [6, 6.07) is -0.404. The molecular formula is C8H15NO4. The lowest BCUT2D eigenvalue weighted by molar-refractivity contribution is -0.140. The van der Waals surface area contributed by atoms with Gasteiger partial charge in [0.05, 0.1) is 18.2 Å². The Labute approximate surface area is 76.2 Å². The topological polar surface area (TPSA) is 84.2 Å².